The molecule has 2 rings (SSSR count). The van der Waals surface area contributed by atoms with Crippen LogP contribution in [0.5, 0.6) is 0 Å². The summed E-state index contributed by atoms with van der Waals surface area (Å²) in [5.41, 5.74) is 5.36. The molecule has 2 aromatic carbocycles. The summed E-state index contributed by atoms with van der Waals surface area (Å²) in [5, 5.41) is 8.55. The number of carbonyl (C=O) groups is 2. The van der Waals surface area contributed by atoms with Crippen LogP contribution >= 0.6 is 0 Å². The van der Waals surface area contributed by atoms with Crippen molar-refractivity contribution in [2.45, 2.75) is 39.1 Å². The van der Waals surface area contributed by atoms with Crippen LogP contribution in [0.3, 0.4) is 0 Å². The lowest BCUT2D eigenvalue weighted by Crippen LogP contribution is -2.33. The van der Waals surface area contributed by atoms with Gasteiger partial charge in [0.15, 0.2) is 0 Å². The van der Waals surface area contributed by atoms with E-state index in [2.05, 4.69) is 35.0 Å². The monoisotopic (exact) mass is 460 g/mol. The molecule has 3 N–H and O–H groups in total. The van der Waals surface area contributed by atoms with Gasteiger partial charge in [0.05, 0.1) is 4.90 Å². The molecule has 0 spiro atoms. The minimum Gasteiger partial charge on any atom is -0.381 e. The van der Waals surface area contributed by atoms with E-state index in [0.717, 1.165) is 15.4 Å². The topological polar surface area (TPSA) is 108 Å². The summed E-state index contributed by atoms with van der Waals surface area (Å²) in [6.07, 6.45) is 0. The second kappa shape index (κ2) is 10.6. The second-order valence-corrected chi connectivity index (χ2v) is 10.1. The fourth-order valence-electron chi connectivity index (χ4n) is 3.12. The Hall–Kier alpha value is -2.91. The quantitative estimate of drug-likeness (QED) is 0.498. The summed E-state index contributed by atoms with van der Waals surface area (Å²) in [6, 6.07) is 8.73. The Morgan fingerprint density at radius 1 is 0.875 bits per heavy atom. The Kier molecular flexibility index (Phi) is 8.40. The molecule has 2 amide bonds. The first-order valence-electron chi connectivity index (χ1n) is 10.3. The van der Waals surface area contributed by atoms with E-state index in [1.807, 2.05) is 13.8 Å². The van der Waals surface area contributed by atoms with Gasteiger partial charge in [-0.2, -0.15) is 0 Å². The number of aryl methyl sites for hydroxylation is 3. The van der Waals surface area contributed by atoms with Crippen LogP contribution < -0.4 is 16.0 Å². The fourth-order valence-corrected chi connectivity index (χ4v) is 4.09. The molecular weight excluding hydrogens is 428 g/mol. The lowest BCUT2D eigenvalue weighted by Gasteiger charge is -2.16. The molecule has 0 aliphatic heterocycles. The molecule has 0 aliphatic carbocycles. The number of hydrogen-bond donors (Lipinski definition) is 3. The molecule has 0 aromatic heterocycles. The molecule has 0 aliphatic rings. The van der Waals surface area contributed by atoms with Crippen molar-refractivity contribution in [1.29, 1.82) is 0 Å². The highest BCUT2D eigenvalue weighted by Crippen LogP contribution is 2.23. The standard InChI is InChI=1S/C23H32N4O4S/c1-15-9-17(3)20(10-16(15)2)14-26-21-11-19(23(29)25-8-7-24-18(4)28)12-22(13-21)32(30,31)27(5)6/h9-13,26H,7-8,14H2,1-6H3,(H,24,28)(H,25,29). The first kappa shape index (κ1) is 25.4. The molecule has 8 nitrogen and oxygen atoms in total. The summed E-state index contributed by atoms with van der Waals surface area (Å²) < 4.78 is 26.6. The Morgan fingerprint density at radius 2 is 1.50 bits per heavy atom. The Bertz CT molecular complexity index is 1110. The molecule has 2 aromatic rings. The van der Waals surface area contributed by atoms with Gasteiger partial charge in [-0.05, 0) is 61.2 Å². The first-order chi connectivity index (χ1) is 14.9. The number of benzene rings is 2. The smallest absolute Gasteiger partial charge is 0.251 e. The van der Waals surface area contributed by atoms with Crippen LogP contribution in [0.25, 0.3) is 0 Å². The van der Waals surface area contributed by atoms with Gasteiger partial charge in [0.1, 0.15) is 0 Å². The van der Waals surface area contributed by atoms with Gasteiger partial charge >= 0.3 is 0 Å². The molecule has 0 heterocycles. The molecule has 0 atom stereocenters. The van der Waals surface area contributed by atoms with Crippen molar-refractivity contribution >= 4 is 27.5 Å². The number of rotatable bonds is 9. The van der Waals surface area contributed by atoms with Crippen LogP contribution in [0.15, 0.2) is 35.2 Å². The summed E-state index contributed by atoms with van der Waals surface area (Å²) in [7, 11) is -0.848. The highest BCUT2D eigenvalue weighted by Gasteiger charge is 2.20. The number of amides is 2. The van der Waals surface area contributed by atoms with E-state index in [0.29, 0.717) is 12.2 Å². The van der Waals surface area contributed by atoms with Gasteiger partial charge in [0.25, 0.3) is 5.91 Å². The third-order valence-corrected chi connectivity index (χ3v) is 6.96. The van der Waals surface area contributed by atoms with Gasteiger partial charge in [-0.3, -0.25) is 9.59 Å². The maximum atomic E-state index is 12.7. The van der Waals surface area contributed by atoms with Gasteiger partial charge in [-0.1, -0.05) is 12.1 Å². The van der Waals surface area contributed by atoms with Gasteiger partial charge in [0, 0.05) is 51.9 Å². The molecule has 0 fully saturated rings. The van der Waals surface area contributed by atoms with E-state index < -0.39 is 15.9 Å². The van der Waals surface area contributed by atoms with E-state index in [4.69, 9.17) is 0 Å². The zero-order valence-electron chi connectivity index (χ0n) is 19.5. The van der Waals surface area contributed by atoms with Crippen molar-refractivity contribution < 1.29 is 18.0 Å². The molecule has 0 saturated carbocycles. The van der Waals surface area contributed by atoms with Crippen molar-refractivity contribution in [3.63, 3.8) is 0 Å². The van der Waals surface area contributed by atoms with Crippen LogP contribution in [0.4, 0.5) is 5.69 Å². The number of carbonyl (C=O) groups excluding carboxylic acids is 2. The number of sulfonamides is 1. The zero-order chi connectivity index (χ0) is 24.1. The van der Waals surface area contributed by atoms with Gasteiger partial charge in [-0.25, -0.2) is 12.7 Å². The summed E-state index contributed by atoms with van der Waals surface area (Å²) in [6.45, 7) is 8.54. The molecule has 0 saturated heterocycles. The predicted octanol–water partition coefficient (Wildman–Crippen LogP) is 2.34. The third kappa shape index (κ3) is 6.54. The second-order valence-electron chi connectivity index (χ2n) is 7.99. The van der Waals surface area contributed by atoms with Crippen LogP contribution in [-0.4, -0.2) is 51.7 Å². The normalized spacial score (nSPS) is 11.3. The molecule has 32 heavy (non-hydrogen) atoms. The van der Waals surface area contributed by atoms with Gasteiger partial charge in [-0.15, -0.1) is 0 Å². The number of anilines is 1. The Morgan fingerprint density at radius 3 is 2.12 bits per heavy atom. The lowest BCUT2D eigenvalue weighted by atomic mass is 10.0. The zero-order valence-corrected chi connectivity index (χ0v) is 20.3. The Balaban J connectivity index is 2.31. The number of nitrogens with one attached hydrogen (secondary N) is 3. The minimum absolute atomic E-state index is 0.0244. The molecule has 0 unspecified atom stereocenters. The third-order valence-electron chi connectivity index (χ3n) is 5.17. The number of hydrogen-bond acceptors (Lipinski definition) is 5. The average Bonchev–Trinajstić information content (AvgIpc) is 2.72. The van der Waals surface area contributed by atoms with E-state index in [1.54, 1.807) is 6.07 Å². The Labute approximate surface area is 190 Å². The van der Waals surface area contributed by atoms with Crippen molar-refractivity contribution in [3.8, 4) is 0 Å². The van der Waals surface area contributed by atoms with Gasteiger partial charge < -0.3 is 16.0 Å². The van der Waals surface area contributed by atoms with Crippen molar-refractivity contribution in [3.05, 3.63) is 58.1 Å². The largest absolute Gasteiger partial charge is 0.381 e. The SMILES string of the molecule is CC(=O)NCCNC(=O)c1cc(NCc2cc(C)c(C)cc2C)cc(S(=O)(=O)N(C)C)c1. The fraction of sp³-hybridized carbons (Fsp3) is 0.391. The van der Waals surface area contributed by atoms with Crippen LogP contribution in [0.2, 0.25) is 0 Å². The van der Waals surface area contributed by atoms with Gasteiger partial charge in [0.2, 0.25) is 15.9 Å². The highest BCUT2D eigenvalue weighted by atomic mass is 32.2. The first-order valence-corrected chi connectivity index (χ1v) is 11.8. The van der Waals surface area contributed by atoms with Crippen LogP contribution in [0.1, 0.15) is 39.5 Å². The molecule has 174 valence electrons. The molecule has 0 bridgehead atoms. The summed E-state index contributed by atoms with van der Waals surface area (Å²) in [4.78, 5) is 23.6. The van der Waals surface area contributed by atoms with Crippen molar-refractivity contribution in [2.24, 2.45) is 0 Å². The maximum absolute atomic E-state index is 12.7. The van der Waals surface area contributed by atoms with Crippen molar-refractivity contribution in [1.82, 2.24) is 14.9 Å². The minimum atomic E-state index is -3.74. The molecular formula is C23H32N4O4S. The highest BCUT2D eigenvalue weighted by molar-refractivity contribution is 7.89. The molecule has 0 radical (unpaired) electrons. The number of nitrogens with zero attached hydrogens (tertiary/aromatic N) is 1. The van der Waals surface area contributed by atoms with E-state index in [-0.39, 0.29) is 29.5 Å². The average molecular weight is 461 g/mol. The van der Waals surface area contributed by atoms with E-state index in [9.17, 15) is 18.0 Å². The maximum Gasteiger partial charge on any atom is 0.251 e. The summed E-state index contributed by atoms with van der Waals surface area (Å²) >= 11 is 0. The summed E-state index contributed by atoms with van der Waals surface area (Å²) in [5.74, 6) is -0.608. The van der Waals surface area contributed by atoms with E-state index in [1.165, 1.54) is 44.3 Å². The van der Waals surface area contributed by atoms with E-state index >= 15 is 0 Å². The lowest BCUT2D eigenvalue weighted by molar-refractivity contribution is -0.118. The van der Waals surface area contributed by atoms with Crippen LogP contribution in [-0.2, 0) is 21.4 Å². The van der Waals surface area contributed by atoms with Crippen molar-refractivity contribution in [2.75, 3.05) is 32.5 Å². The predicted molar refractivity (Wildman–Crippen MR) is 126 cm³/mol. The molecule has 9 heteroatoms. The van der Waals surface area contributed by atoms with Crippen LogP contribution in [0, 0.1) is 20.8 Å².